The lowest BCUT2D eigenvalue weighted by molar-refractivity contribution is 0.102. The van der Waals surface area contributed by atoms with Gasteiger partial charge >= 0.3 is 0 Å². The quantitative estimate of drug-likeness (QED) is 0.487. The van der Waals surface area contributed by atoms with Crippen LogP contribution in [-0.4, -0.2) is 30.3 Å². The topological polar surface area (TPSA) is 77.1 Å². The van der Waals surface area contributed by atoms with Gasteiger partial charge in [-0.1, -0.05) is 41.4 Å². The number of halogens is 3. The van der Waals surface area contributed by atoms with Gasteiger partial charge in [-0.05, 0) is 33.6 Å². The van der Waals surface area contributed by atoms with Crippen molar-refractivity contribution >= 4 is 56.5 Å². The van der Waals surface area contributed by atoms with Crippen molar-refractivity contribution < 1.29 is 4.79 Å². The van der Waals surface area contributed by atoms with Crippen LogP contribution in [0.2, 0.25) is 10.0 Å². The number of nitrogens with zero attached hydrogens (tertiary/aromatic N) is 5. The molecule has 0 saturated carbocycles. The van der Waals surface area contributed by atoms with Crippen LogP contribution in [0.4, 0.5) is 5.82 Å². The van der Waals surface area contributed by atoms with Crippen LogP contribution in [-0.2, 0) is 6.54 Å². The summed E-state index contributed by atoms with van der Waals surface area (Å²) < 4.78 is 3.61. The van der Waals surface area contributed by atoms with Crippen molar-refractivity contribution in [2.45, 2.75) is 6.54 Å². The lowest BCUT2D eigenvalue weighted by Crippen LogP contribution is -2.14. The third kappa shape index (κ3) is 3.55. The zero-order chi connectivity index (χ0) is 19.0. The minimum Gasteiger partial charge on any atom is -0.302 e. The number of hydrogen-bond acceptors (Lipinski definition) is 4. The highest BCUT2D eigenvalue weighted by atomic mass is 79.9. The maximum absolute atomic E-state index is 12.6. The molecule has 4 aromatic rings. The number of fused-ring (bicyclic) bond motifs is 1. The first kappa shape index (κ1) is 18.0. The summed E-state index contributed by atoms with van der Waals surface area (Å²) in [5.41, 5.74) is 1.62. The third-order valence-corrected chi connectivity index (χ3v) is 5.17. The van der Waals surface area contributed by atoms with Crippen LogP contribution in [0.25, 0.3) is 5.65 Å². The minimum absolute atomic E-state index is 0.186. The van der Waals surface area contributed by atoms with Gasteiger partial charge < -0.3 is 5.32 Å². The second kappa shape index (κ2) is 7.30. The van der Waals surface area contributed by atoms with Gasteiger partial charge in [-0.15, -0.1) is 0 Å². The predicted molar refractivity (Wildman–Crippen MR) is 106 cm³/mol. The van der Waals surface area contributed by atoms with Gasteiger partial charge in [0.2, 0.25) is 0 Å². The number of benzene rings is 1. The van der Waals surface area contributed by atoms with Crippen LogP contribution in [0.1, 0.15) is 16.1 Å². The molecule has 27 heavy (non-hydrogen) atoms. The van der Waals surface area contributed by atoms with Crippen molar-refractivity contribution in [2.24, 2.45) is 0 Å². The van der Waals surface area contributed by atoms with Crippen LogP contribution in [0.3, 0.4) is 0 Å². The fourth-order valence-corrected chi connectivity index (χ4v) is 3.47. The number of amides is 1. The molecule has 0 aliphatic rings. The lowest BCUT2D eigenvalue weighted by Gasteiger charge is -2.04. The Morgan fingerprint density at radius 3 is 2.74 bits per heavy atom. The molecular formula is C17H11BrCl2N6O. The molecule has 3 aromatic heterocycles. The Bertz CT molecular complexity index is 1160. The van der Waals surface area contributed by atoms with Crippen LogP contribution in [0.5, 0.6) is 0 Å². The van der Waals surface area contributed by atoms with E-state index < -0.39 is 5.91 Å². The molecule has 4 rings (SSSR count). The molecule has 136 valence electrons. The molecule has 0 bridgehead atoms. The lowest BCUT2D eigenvalue weighted by atomic mass is 10.2. The predicted octanol–water partition coefficient (Wildman–Crippen LogP) is 4.30. The fourth-order valence-electron chi connectivity index (χ4n) is 2.53. The molecule has 0 aliphatic heterocycles. The monoisotopic (exact) mass is 464 g/mol. The second-order valence-corrected chi connectivity index (χ2v) is 7.23. The zero-order valence-corrected chi connectivity index (χ0v) is 16.7. The molecule has 1 N–H and O–H groups in total. The van der Waals surface area contributed by atoms with Gasteiger partial charge in [0.05, 0.1) is 11.0 Å². The average molecular weight is 466 g/mol. The van der Waals surface area contributed by atoms with Gasteiger partial charge in [0.1, 0.15) is 5.02 Å². The summed E-state index contributed by atoms with van der Waals surface area (Å²) in [5, 5.41) is 12.2. The van der Waals surface area contributed by atoms with Crippen molar-refractivity contribution in [2.75, 3.05) is 5.32 Å². The summed E-state index contributed by atoms with van der Waals surface area (Å²) >= 11 is 15.8. The zero-order valence-electron chi connectivity index (χ0n) is 13.6. The normalized spacial score (nSPS) is 11.1. The van der Waals surface area contributed by atoms with Crippen molar-refractivity contribution in [3.8, 4) is 0 Å². The van der Waals surface area contributed by atoms with E-state index >= 15 is 0 Å². The molecule has 1 amide bonds. The van der Waals surface area contributed by atoms with Crippen molar-refractivity contribution in [3.63, 3.8) is 0 Å². The summed E-state index contributed by atoms with van der Waals surface area (Å²) in [5.74, 6) is -0.206. The van der Waals surface area contributed by atoms with E-state index in [1.165, 1.54) is 4.52 Å². The summed E-state index contributed by atoms with van der Waals surface area (Å²) in [7, 11) is 0. The van der Waals surface area contributed by atoms with Gasteiger partial charge in [-0.2, -0.15) is 10.2 Å². The third-order valence-electron chi connectivity index (χ3n) is 3.79. The molecule has 0 aliphatic carbocycles. The number of aromatic nitrogens is 5. The van der Waals surface area contributed by atoms with E-state index in [9.17, 15) is 4.79 Å². The van der Waals surface area contributed by atoms with Gasteiger partial charge in [-0.3, -0.25) is 9.48 Å². The SMILES string of the molecule is O=C(Nc1nn(Cc2ccccc2Cl)cc1Cl)c1nn2cccnc2c1Br. The van der Waals surface area contributed by atoms with E-state index in [0.717, 1.165) is 5.56 Å². The Morgan fingerprint density at radius 2 is 1.96 bits per heavy atom. The Hall–Kier alpha value is -2.42. The summed E-state index contributed by atoms with van der Waals surface area (Å²) in [4.78, 5) is 16.8. The van der Waals surface area contributed by atoms with Crippen molar-refractivity contribution in [3.05, 3.63) is 74.7 Å². The maximum atomic E-state index is 12.6. The smallest absolute Gasteiger partial charge is 0.278 e. The number of carbonyl (C=O) groups excluding carboxylic acids is 1. The van der Waals surface area contributed by atoms with E-state index in [0.29, 0.717) is 26.7 Å². The first-order valence-electron chi connectivity index (χ1n) is 7.79. The van der Waals surface area contributed by atoms with E-state index in [1.807, 2.05) is 18.2 Å². The van der Waals surface area contributed by atoms with Gasteiger partial charge in [0.25, 0.3) is 5.91 Å². The molecule has 0 radical (unpaired) electrons. The Balaban J connectivity index is 1.57. The Kier molecular flexibility index (Phi) is 4.86. The average Bonchev–Trinajstić information content (AvgIpc) is 3.17. The number of anilines is 1. The minimum atomic E-state index is -0.447. The number of carbonyl (C=O) groups is 1. The molecule has 1 aromatic carbocycles. The summed E-state index contributed by atoms with van der Waals surface area (Å²) in [6, 6.07) is 9.18. The van der Waals surface area contributed by atoms with E-state index in [-0.39, 0.29) is 11.5 Å². The van der Waals surface area contributed by atoms with Gasteiger partial charge in [-0.25, -0.2) is 9.50 Å². The molecule has 7 nitrogen and oxygen atoms in total. The van der Waals surface area contributed by atoms with Gasteiger partial charge in [0.15, 0.2) is 17.2 Å². The molecule has 0 unspecified atom stereocenters. The van der Waals surface area contributed by atoms with E-state index in [2.05, 4.69) is 36.4 Å². The van der Waals surface area contributed by atoms with Crippen LogP contribution in [0.15, 0.2) is 53.4 Å². The molecule has 0 saturated heterocycles. The maximum Gasteiger partial charge on any atom is 0.278 e. The Labute approximate surface area is 172 Å². The molecular weight excluding hydrogens is 455 g/mol. The van der Waals surface area contributed by atoms with Crippen LogP contribution >= 0.6 is 39.1 Å². The van der Waals surface area contributed by atoms with Crippen LogP contribution in [0, 0.1) is 0 Å². The largest absolute Gasteiger partial charge is 0.302 e. The van der Waals surface area contributed by atoms with Crippen molar-refractivity contribution in [1.29, 1.82) is 0 Å². The molecule has 0 atom stereocenters. The molecule has 3 heterocycles. The van der Waals surface area contributed by atoms with Gasteiger partial charge in [0, 0.05) is 23.6 Å². The second-order valence-electron chi connectivity index (χ2n) is 5.62. The standard InChI is InChI=1S/C17H11BrCl2N6O/c18-13-14(23-26-7-3-6-21-16(13)26)17(27)22-15-12(20)9-25(24-15)8-10-4-1-2-5-11(10)19/h1-7,9H,8H2,(H,22,24,27). The molecule has 0 fully saturated rings. The van der Waals surface area contributed by atoms with E-state index in [4.69, 9.17) is 23.2 Å². The Morgan fingerprint density at radius 1 is 1.15 bits per heavy atom. The number of nitrogens with one attached hydrogen (secondary N) is 1. The molecule has 10 heteroatoms. The number of hydrogen-bond donors (Lipinski definition) is 1. The van der Waals surface area contributed by atoms with Crippen LogP contribution < -0.4 is 5.32 Å². The number of rotatable bonds is 4. The first-order valence-corrected chi connectivity index (χ1v) is 9.34. The highest BCUT2D eigenvalue weighted by molar-refractivity contribution is 9.10. The van der Waals surface area contributed by atoms with E-state index in [1.54, 1.807) is 35.4 Å². The molecule has 0 spiro atoms. The summed E-state index contributed by atoms with van der Waals surface area (Å²) in [6.07, 6.45) is 4.95. The highest BCUT2D eigenvalue weighted by Crippen LogP contribution is 2.25. The first-order chi connectivity index (χ1) is 13.0. The highest BCUT2D eigenvalue weighted by Gasteiger charge is 2.20. The fraction of sp³-hybridized carbons (Fsp3) is 0.0588. The van der Waals surface area contributed by atoms with Crippen molar-refractivity contribution in [1.82, 2.24) is 24.4 Å². The summed E-state index contributed by atoms with van der Waals surface area (Å²) in [6.45, 7) is 0.428.